The summed E-state index contributed by atoms with van der Waals surface area (Å²) in [6, 6.07) is -0.247. The third-order valence-corrected chi connectivity index (χ3v) is 2.03. The van der Waals surface area contributed by atoms with Crippen molar-refractivity contribution < 1.29 is 19.5 Å². The molecule has 1 unspecified atom stereocenters. The largest absolute Gasteiger partial charge is 0.465 e. The number of carbonyl (C=O) groups excluding carboxylic acids is 1. The second kappa shape index (κ2) is 3.82. The fraction of sp³-hybridized carbons (Fsp3) is 0.571. The topological polar surface area (TPSA) is 94.0 Å². The molecule has 1 aliphatic heterocycles. The van der Waals surface area contributed by atoms with Crippen LogP contribution in [0.3, 0.4) is 0 Å². The van der Waals surface area contributed by atoms with Gasteiger partial charge in [0.05, 0.1) is 0 Å². The number of carboxylic acid groups (broad SMARTS) is 1. The number of likely N-dealkylation sites (tertiary alicyclic amines) is 1. The van der Waals surface area contributed by atoms with Gasteiger partial charge < -0.3 is 15.5 Å². The second-order valence-corrected chi connectivity index (χ2v) is 2.83. The van der Waals surface area contributed by atoms with E-state index in [0.717, 1.165) is 6.21 Å². The molecule has 1 heterocycles. The lowest BCUT2D eigenvalue weighted by Gasteiger charge is -2.37. The van der Waals surface area contributed by atoms with Gasteiger partial charge in [-0.1, -0.05) is 0 Å². The minimum Gasteiger partial charge on any atom is -0.465 e. The summed E-state index contributed by atoms with van der Waals surface area (Å²) in [5.41, 5.74) is 8.03. The molecule has 6 heteroatoms. The molecule has 0 aliphatic carbocycles. The van der Waals surface area contributed by atoms with E-state index in [9.17, 15) is 9.59 Å². The lowest BCUT2D eigenvalue weighted by atomic mass is 9.98. The Hall–Kier alpha value is -1.68. The summed E-state index contributed by atoms with van der Waals surface area (Å²) in [6.45, 7) is 0.476. The third kappa shape index (κ3) is 2.13. The van der Waals surface area contributed by atoms with Gasteiger partial charge in [-0.15, -0.1) is 0 Å². The summed E-state index contributed by atoms with van der Waals surface area (Å²) in [4.78, 5) is 25.1. The highest BCUT2D eigenvalue weighted by molar-refractivity contribution is 6.25. The SMILES string of the molecule is [N-]=[N+]=CC(=O)CC1CCN1C(=O)O. The predicted molar refractivity (Wildman–Crippen MR) is 42.4 cm³/mol. The van der Waals surface area contributed by atoms with Gasteiger partial charge in [-0.25, -0.2) is 4.79 Å². The molecule has 1 N–H and O–H groups in total. The standard InChI is InChI=1S/C7H9N3O3/c8-9-4-6(11)3-5-1-2-10(5)7(12)13/h4-5H,1-3H2,(H,12,13). The van der Waals surface area contributed by atoms with E-state index in [2.05, 4.69) is 4.79 Å². The van der Waals surface area contributed by atoms with Crippen molar-refractivity contribution in [2.75, 3.05) is 6.54 Å². The molecule has 13 heavy (non-hydrogen) atoms. The molecule has 70 valence electrons. The van der Waals surface area contributed by atoms with Gasteiger partial charge >= 0.3 is 12.3 Å². The van der Waals surface area contributed by atoms with Crippen LogP contribution in [-0.2, 0) is 4.79 Å². The maximum atomic E-state index is 10.9. The zero-order valence-electron chi connectivity index (χ0n) is 6.88. The lowest BCUT2D eigenvalue weighted by molar-refractivity contribution is -0.117. The van der Waals surface area contributed by atoms with Crippen LogP contribution in [0.1, 0.15) is 12.8 Å². The Balaban J connectivity index is 2.42. The van der Waals surface area contributed by atoms with E-state index in [0.29, 0.717) is 13.0 Å². The Labute approximate surface area is 74.4 Å². The molecule has 0 aromatic carbocycles. The Bertz CT molecular complexity index is 283. The van der Waals surface area contributed by atoms with Crippen LogP contribution in [0, 0.1) is 0 Å². The highest BCUT2D eigenvalue weighted by Crippen LogP contribution is 2.20. The van der Waals surface area contributed by atoms with Crippen molar-refractivity contribution in [3.63, 3.8) is 0 Å². The quantitative estimate of drug-likeness (QED) is 0.379. The molecular formula is C7H9N3O3. The predicted octanol–water partition coefficient (Wildman–Crippen LogP) is -0.00150. The number of nitrogens with zero attached hydrogens (tertiary/aromatic N) is 3. The molecule has 0 bridgehead atoms. The number of amides is 1. The minimum absolute atomic E-state index is 0.0936. The van der Waals surface area contributed by atoms with Gasteiger partial charge in [0.2, 0.25) is 5.78 Å². The first kappa shape index (κ1) is 9.41. The van der Waals surface area contributed by atoms with Gasteiger partial charge in [-0.3, -0.25) is 4.79 Å². The first-order valence-corrected chi connectivity index (χ1v) is 3.85. The molecule has 1 aliphatic rings. The summed E-state index contributed by atoms with van der Waals surface area (Å²) in [5, 5.41) is 8.58. The summed E-state index contributed by atoms with van der Waals surface area (Å²) < 4.78 is 0. The number of rotatable bonds is 3. The molecule has 0 saturated carbocycles. The van der Waals surface area contributed by atoms with E-state index in [1.807, 2.05) is 0 Å². The number of Topliss-reactive ketones (excluding diaryl/α,β-unsaturated/α-hetero) is 1. The van der Waals surface area contributed by atoms with Gasteiger partial charge in [0.1, 0.15) is 0 Å². The lowest BCUT2D eigenvalue weighted by Crippen LogP contribution is -2.51. The van der Waals surface area contributed by atoms with E-state index in [-0.39, 0.29) is 18.2 Å². The molecule has 0 aromatic heterocycles. The molecule has 6 nitrogen and oxygen atoms in total. The van der Waals surface area contributed by atoms with Crippen molar-refractivity contribution in [2.24, 2.45) is 0 Å². The molecule has 1 fully saturated rings. The smallest absolute Gasteiger partial charge is 0.407 e. The highest BCUT2D eigenvalue weighted by atomic mass is 16.4. The molecule has 0 spiro atoms. The van der Waals surface area contributed by atoms with Crippen LogP contribution >= 0.6 is 0 Å². The molecule has 1 amide bonds. The van der Waals surface area contributed by atoms with Gasteiger partial charge in [0.25, 0.3) is 0 Å². The molecule has 0 aromatic rings. The first-order valence-electron chi connectivity index (χ1n) is 3.85. The zero-order valence-corrected chi connectivity index (χ0v) is 6.88. The highest BCUT2D eigenvalue weighted by Gasteiger charge is 2.33. The summed E-state index contributed by atoms with van der Waals surface area (Å²) in [6.07, 6.45) is 0.566. The van der Waals surface area contributed by atoms with Crippen molar-refractivity contribution in [3.8, 4) is 0 Å². The van der Waals surface area contributed by atoms with Gasteiger partial charge in [0, 0.05) is 19.0 Å². The Morgan fingerprint density at radius 2 is 2.38 bits per heavy atom. The van der Waals surface area contributed by atoms with E-state index >= 15 is 0 Å². The summed E-state index contributed by atoms with van der Waals surface area (Å²) in [5.74, 6) is -0.363. The van der Waals surface area contributed by atoms with Crippen molar-refractivity contribution in [3.05, 3.63) is 5.53 Å². The van der Waals surface area contributed by atoms with Crippen molar-refractivity contribution in [1.29, 1.82) is 0 Å². The molecule has 0 radical (unpaired) electrons. The normalized spacial score (nSPS) is 20.0. The fourth-order valence-corrected chi connectivity index (χ4v) is 1.25. The van der Waals surface area contributed by atoms with E-state index in [1.165, 1.54) is 4.90 Å². The number of hydrogen-bond acceptors (Lipinski definition) is 2. The van der Waals surface area contributed by atoms with Crippen molar-refractivity contribution in [1.82, 2.24) is 4.90 Å². The van der Waals surface area contributed by atoms with Gasteiger partial charge in [-0.2, -0.15) is 4.79 Å². The number of hydrogen-bond donors (Lipinski definition) is 1. The maximum Gasteiger partial charge on any atom is 0.407 e. The Morgan fingerprint density at radius 1 is 1.69 bits per heavy atom. The van der Waals surface area contributed by atoms with Crippen LogP contribution in [-0.4, -0.2) is 45.5 Å². The molecule has 1 atom stereocenters. The summed E-state index contributed by atoms with van der Waals surface area (Å²) in [7, 11) is 0. The van der Waals surface area contributed by atoms with Crippen LogP contribution in [0.2, 0.25) is 0 Å². The molecular weight excluding hydrogens is 174 g/mol. The minimum atomic E-state index is -1.01. The first-order chi connectivity index (χ1) is 6.15. The average Bonchev–Trinajstić information content (AvgIpc) is 1.97. The zero-order chi connectivity index (χ0) is 9.84. The van der Waals surface area contributed by atoms with Crippen LogP contribution < -0.4 is 0 Å². The average molecular weight is 183 g/mol. The van der Waals surface area contributed by atoms with Crippen molar-refractivity contribution >= 4 is 18.1 Å². The summed E-state index contributed by atoms with van der Waals surface area (Å²) >= 11 is 0. The molecule has 1 rings (SSSR count). The monoisotopic (exact) mass is 183 g/mol. The Morgan fingerprint density at radius 3 is 2.77 bits per heavy atom. The number of carbonyl (C=O) groups is 2. The number of ketones is 1. The van der Waals surface area contributed by atoms with Crippen LogP contribution in [0.5, 0.6) is 0 Å². The van der Waals surface area contributed by atoms with Gasteiger partial charge in [-0.05, 0) is 6.42 Å². The Kier molecular flexibility index (Phi) is 2.76. The van der Waals surface area contributed by atoms with Crippen molar-refractivity contribution in [2.45, 2.75) is 18.9 Å². The van der Waals surface area contributed by atoms with Crippen LogP contribution in [0.25, 0.3) is 5.53 Å². The second-order valence-electron chi connectivity index (χ2n) is 2.83. The third-order valence-electron chi connectivity index (χ3n) is 2.03. The van der Waals surface area contributed by atoms with Crippen LogP contribution in [0.4, 0.5) is 4.79 Å². The van der Waals surface area contributed by atoms with E-state index in [1.54, 1.807) is 0 Å². The molecule has 1 saturated heterocycles. The van der Waals surface area contributed by atoms with E-state index < -0.39 is 6.09 Å². The van der Waals surface area contributed by atoms with E-state index in [4.69, 9.17) is 10.6 Å². The maximum absolute atomic E-state index is 10.9. The fourth-order valence-electron chi connectivity index (χ4n) is 1.25. The van der Waals surface area contributed by atoms with Gasteiger partial charge in [0.15, 0.2) is 0 Å². The van der Waals surface area contributed by atoms with Crippen LogP contribution in [0.15, 0.2) is 0 Å².